The quantitative estimate of drug-likeness (QED) is 0.508. The highest BCUT2D eigenvalue weighted by Gasteiger charge is 2.53. The first-order valence-electron chi connectivity index (χ1n) is 12.8. The second-order valence-electron chi connectivity index (χ2n) is 10.4. The van der Waals surface area contributed by atoms with E-state index in [1.54, 1.807) is 12.1 Å². The number of benzene rings is 2. The molecule has 35 heavy (non-hydrogen) atoms. The maximum absolute atomic E-state index is 13.5. The van der Waals surface area contributed by atoms with E-state index >= 15 is 0 Å². The van der Waals surface area contributed by atoms with Crippen LogP contribution in [0.5, 0.6) is 0 Å². The fraction of sp³-hybridized carbons (Fsp3) is 0.500. The van der Waals surface area contributed by atoms with Crippen LogP contribution in [-0.2, 0) is 21.4 Å². The van der Waals surface area contributed by atoms with E-state index in [0.29, 0.717) is 22.4 Å². The zero-order chi connectivity index (χ0) is 24.4. The van der Waals surface area contributed by atoms with Crippen molar-refractivity contribution in [3.8, 4) is 0 Å². The average molecular weight is 514 g/mol. The third-order valence-electron chi connectivity index (χ3n) is 8.04. The average Bonchev–Trinajstić information content (AvgIpc) is 3.66. The van der Waals surface area contributed by atoms with Crippen LogP contribution in [0.1, 0.15) is 49.7 Å². The molecule has 186 valence electrons. The summed E-state index contributed by atoms with van der Waals surface area (Å²) in [5, 5.41) is 7.47. The van der Waals surface area contributed by atoms with Gasteiger partial charge in [-0.25, -0.2) is 0 Å². The van der Waals surface area contributed by atoms with Gasteiger partial charge in [0.2, 0.25) is 11.8 Å². The van der Waals surface area contributed by atoms with Crippen LogP contribution in [0.4, 0.5) is 0 Å². The lowest BCUT2D eigenvalue weighted by molar-refractivity contribution is -0.131. The number of halogens is 2. The van der Waals surface area contributed by atoms with Crippen molar-refractivity contribution in [3.05, 3.63) is 69.7 Å². The number of hydrogen-bond acceptors (Lipinski definition) is 3. The Labute approximate surface area is 217 Å². The van der Waals surface area contributed by atoms with E-state index in [1.807, 2.05) is 24.3 Å². The molecule has 2 aromatic carbocycles. The van der Waals surface area contributed by atoms with E-state index < -0.39 is 11.5 Å². The molecule has 2 amide bonds. The summed E-state index contributed by atoms with van der Waals surface area (Å²) < 4.78 is 0. The number of piperidine rings is 3. The monoisotopic (exact) mass is 513 g/mol. The molecule has 2 atom stereocenters. The summed E-state index contributed by atoms with van der Waals surface area (Å²) in [4.78, 5) is 29.4. The lowest BCUT2D eigenvalue weighted by Gasteiger charge is -2.45. The van der Waals surface area contributed by atoms with Gasteiger partial charge in [0, 0.05) is 22.6 Å². The minimum Gasteiger partial charge on any atom is -0.350 e. The van der Waals surface area contributed by atoms with Gasteiger partial charge in [-0.15, -0.1) is 0 Å². The number of carbonyl (C=O) groups is 2. The molecule has 4 fully saturated rings. The maximum atomic E-state index is 13.5. The van der Waals surface area contributed by atoms with Crippen molar-refractivity contribution in [1.29, 1.82) is 0 Å². The van der Waals surface area contributed by atoms with Crippen LogP contribution in [0.15, 0.2) is 48.5 Å². The number of hydrogen-bond donors (Lipinski definition) is 2. The Morgan fingerprint density at radius 1 is 1.06 bits per heavy atom. The van der Waals surface area contributed by atoms with E-state index in [-0.39, 0.29) is 17.9 Å². The molecule has 2 bridgehead atoms. The summed E-state index contributed by atoms with van der Waals surface area (Å²) >= 11 is 12.5. The van der Waals surface area contributed by atoms with E-state index in [2.05, 4.69) is 27.7 Å². The normalized spacial score (nSPS) is 25.0. The van der Waals surface area contributed by atoms with Gasteiger partial charge in [-0.05, 0) is 87.2 Å². The summed E-state index contributed by atoms with van der Waals surface area (Å²) in [7, 11) is 0. The molecule has 1 aliphatic carbocycles. The van der Waals surface area contributed by atoms with Gasteiger partial charge in [-0.1, -0.05) is 59.6 Å². The van der Waals surface area contributed by atoms with E-state index in [4.69, 9.17) is 23.2 Å². The molecule has 7 heteroatoms. The Morgan fingerprint density at radius 2 is 1.80 bits per heavy atom. The number of rotatable bonds is 9. The Balaban J connectivity index is 1.28. The molecule has 4 aliphatic rings. The minimum absolute atomic E-state index is 0.0665. The van der Waals surface area contributed by atoms with Crippen LogP contribution in [0.2, 0.25) is 10.0 Å². The van der Waals surface area contributed by atoms with Crippen molar-refractivity contribution in [2.24, 2.45) is 5.92 Å². The van der Waals surface area contributed by atoms with Crippen molar-refractivity contribution in [2.75, 3.05) is 19.6 Å². The maximum Gasteiger partial charge on any atom is 0.242 e. The van der Waals surface area contributed by atoms with Gasteiger partial charge in [0.05, 0.1) is 5.41 Å². The highest BCUT2D eigenvalue weighted by Crippen LogP contribution is 2.51. The number of nitrogens with zero attached hydrogens (tertiary/aromatic N) is 1. The number of fused-ring (bicyclic) bond motifs is 3. The van der Waals surface area contributed by atoms with Gasteiger partial charge < -0.3 is 15.5 Å². The summed E-state index contributed by atoms with van der Waals surface area (Å²) in [6.45, 7) is 3.16. The number of aryl methyl sites for hydroxylation is 1. The second-order valence-corrected chi connectivity index (χ2v) is 11.2. The first-order chi connectivity index (χ1) is 16.9. The van der Waals surface area contributed by atoms with Crippen LogP contribution in [0, 0.1) is 5.92 Å². The number of carbonyl (C=O) groups excluding carboxylic acids is 2. The highest BCUT2D eigenvalue weighted by atomic mass is 35.5. The predicted octanol–water partition coefficient (Wildman–Crippen LogP) is 4.74. The molecule has 2 aromatic rings. The number of nitrogens with one attached hydrogen (secondary N) is 2. The SMILES string of the molecule is O=C(N[C@@H]1CN2CCC1CC2)[C@H](CCCc1ccccc1)NC(=O)C1(c2ccc(Cl)cc2Cl)CC1. The molecule has 0 unspecified atom stereocenters. The van der Waals surface area contributed by atoms with Crippen molar-refractivity contribution in [1.82, 2.24) is 15.5 Å². The molecular formula is C28H33Cl2N3O2. The lowest BCUT2D eigenvalue weighted by Crippen LogP contribution is -2.60. The van der Waals surface area contributed by atoms with E-state index in [9.17, 15) is 9.59 Å². The van der Waals surface area contributed by atoms with Crippen molar-refractivity contribution < 1.29 is 9.59 Å². The smallest absolute Gasteiger partial charge is 0.242 e. The van der Waals surface area contributed by atoms with Crippen molar-refractivity contribution in [3.63, 3.8) is 0 Å². The summed E-state index contributed by atoms with van der Waals surface area (Å²) in [5.74, 6) is 0.353. The Bertz CT molecular complexity index is 1070. The predicted molar refractivity (Wildman–Crippen MR) is 140 cm³/mol. The van der Waals surface area contributed by atoms with Gasteiger partial charge in [-0.2, -0.15) is 0 Å². The number of amides is 2. The van der Waals surface area contributed by atoms with Gasteiger partial charge in [0.15, 0.2) is 0 Å². The van der Waals surface area contributed by atoms with Crippen molar-refractivity contribution >= 4 is 35.0 Å². The molecule has 5 nitrogen and oxygen atoms in total. The fourth-order valence-electron chi connectivity index (χ4n) is 5.75. The van der Waals surface area contributed by atoms with Crippen LogP contribution >= 0.6 is 23.2 Å². The van der Waals surface area contributed by atoms with Gasteiger partial charge >= 0.3 is 0 Å². The highest BCUT2D eigenvalue weighted by molar-refractivity contribution is 6.35. The van der Waals surface area contributed by atoms with Crippen LogP contribution in [0.25, 0.3) is 0 Å². The van der Waals surface area contributed by atoms with Crippen LogP contribution in [-0.4, -0.2) is 48.4 Å². The second kappa shape index (κ2) is 10.5. The molecule has 1 saturated carbocycles. The summed E-state index contributed by atoms with van der Waals surface area (Å²) in [6.07, 6.45) is 5.99. The molecule has 0 aromatic heterocycles. The van der Waals surface area contributed by atoms with Gasteiger partial charge in [-0.3, -0.25) is 9.59 Å². The third-order valence-corrected chi connectivity index (χ3v) is 8.59. The van der Waals surface area contributed by atoms with Crippen LogP contribution < -0.4 is 10.6 Å². The molecule has 2 N–H and O–H groups in total. The molecule has 6 rings (SSSR count). The lowest BCUT2D eigenvalue weighted by atomic mass is 9.84. The molecule has 3 aliphatic heterocycles. The summed E-state index contributed by atoms with van der Waals surface area (Å²) in [6, 6.07) is 15.2. The van der Waals surface area contributed by atoms with Crippen LogP contribution in [0.3, 0.4) is 0 Å². The zero-order valence-electron chi connectivity index (χ0n) is 19.9. The summed E-state index contributed by atoms with van der Waals surface area (Å²) in [5.41, 5.74) is 1.36. The standard InChI is InChI=1S/C28H33Cl2N3O2/c29-21-9-10-22(23(30)17-21)28(13-14-28)27(35)32-24(8-4-7-19-5-2-1-3-6-19)26(34)31-25-18-33-15-11-20(25)12-16-33/h1-3,5-6,9-10,17,20,24-25H,4,7-8,11-16,18H2,(H,31,34)(H,32,35)/t24-,25+/m0/s1. The molecule has 0 radical (unpaired) electrons. The Kier molecular flexibility index (Phi) is 7.38. The molecule has 3 heterocycles. The topological polar surface area (TPSA) is 61.4 Å². The van der Waals surface area contributed by atoms with E-state index in [0.717, 1.165) is 63.7 Å². The zero-order valence-corrected chi connectivity index (χ0v) is 21.5. The fourth-order valence-corrected chi connectivity index (χ4v) is 6.34. The van der Waals surface area contributed by atoms with Gasteiger partial charge in [0.1, 0.15) is 6.04 Å². The van der Waals surface area contributed by atoms with E-state index in [1.165, 1.54) is 5.56 Å². The largest absolute Gasteiger partial charge is 0.350 e. The van der Waals surface area contributed by atoms with Gasteiger partial charge in [0.25, 0.3) is 0 Å². The first kappa shape index (κ1) is 24.6. The minimum atomic E-state index is -0.671. The molecular weight excluding hydrogens is 481 g/mol. The Hall–Kier alpha value is -2.08. The third kappa shape index (κ3) is 5.52. The molecule has 3 saturated heterocycles. The molecule has 0 spiro atoms. The first-order valence-corrected chi connectivity index (χ1v) is 13.5. The Morgan fingerprint density at radius 3 is 2.43 bits per heavy atom. The van der Waals surface area contributed by atoms with Crippen molar-refractivity contribution in [2.45, 2.75) is 62.4 Å².